The summed E-state index contributed by atoms with van der Waals surface area (Å²) in [5.74, 6) is -0.247. The van der Waals surface area contributed by atoms with Crippen LogP contribution >= 0.6 is 0 Å². The molecule has 0 aliphatic rings. The lowest BCUT2D eigenvalue weighted by molar-refractivity contribution is -0.0198. The van der Waals surface area contributed by atoms with Crippen LogP contribution in [0.25, 0.3) is 0 Å². The first-order chi connectivity index (χ1) is 8.08. The zero-order chi connectivity index (χ0) is 12.8. The van der Waals surface area contributed by atoms with Gasteiger partial charge in [-0.2, -0.15) is 0 Å². The van der Waals surface area contributed by atoms with Gasteiger partial charge in [-0.3, -0.25) is 0 Å². The molecular formula is C14H22FNO. The smallest absolute Gasteiger partial charge is 0.123 e. The van der Waals surface area contributed by atoms with Gasteiger partial charge in [0.15, 0.2) is 0 Å². The number of nitrogens with two attached hydrogens (primary N) is 1. The van der Waals surface area contributed by atoms with Gasteiger partial charge in [-0.1, -0.05) is 26.0 Å². The van der Waals surface area contributed by atoms with Gasteiger partial charge in [0, 0.05) is 6.04 Å². The van der Waals surface area contributed by atoms with Crippen LogP contribution < -0.4 is 5.73 Å². The predicted octanol–water partition coefficient (Wildman–Crippen LogP) is 3.42. The average Bonchev–Trinajstić information content (AvgIpc) is 2.34. The van der Waals surface area contributed by atoms with Gasteiger partial charge in [-0.05, 0) is 37.5 Å². The topological polar surface area (TPSA) is 35.2 Å². The normalized spacial score (nSPS) is 16.5. The molecule has 0 radical (unpaired) electrons. The van der Waals surface area contributed by atoms with Crippen LogP contribution in [0.2, 0.25) is 0 Å². The Bertz CT molecular complexity index is 343. The van der Waals surface area contributed by atoms with Crippen molar-refractivity contribution in [2.75, 3.05) is 0 Å². The molecule has 0 spiro atoms. The van der Waals surface area contributed by atoms with E-state index in [1.54, 1.807) is 6.07 Å². The molecule has 0 bridgehead atoms. The number of hydrogen-bond donors (Lipinski definition) is 1. The van der Waals surface area contributed by atoms with Crippen LogP contribution in [0.15, 0.2) is 24.3 Å². The molecule has 3 atom stereocenters. The van der Waals surface area contributed by atoms with Gasteiger partial charge >= 0.3 is 0 Å². The molecule has 0 aliphatic heterocycles. The number of halogens is 1. The number of rotatable bonds is 6. The lowest BCUT2D eigenvalue weighted by Gasteiger charge is -2.27. The van der Waals surface area contributed by atoms with Crippen LogP contribution in [0.1, 0.15) is 45.3 Å². The van der Waals surface area contributed by atoms with Crippen molar-refractivity contribution in [3.8, 4) is 0 Å². The van der Waals surface area contributed by atoms with Gasteiger partial charge in [0.05, 0.1) is 12.2 Å². The van der Waals surface area contributed by atoms with E-state index in [9.17, 15) is 4.39 Å². The summed E-state index contributed by atoms with van der Waals surface area (Å²) in [5.41, 5.74) is 6.87. The number of ether oxygens (including phenoxy) is 1. The van der Waals surface area contributed by atoms with E-state index in [0.717, 1.165) is 18.4 Å². The van der Waals surface area contributed by atoms with Gasteiger partial charge in [0.1, 0.15) is 5.82 Å². The minimum absolute atomic E-state index is 0.106. The second kappa shape index (κ2) is 6.72. The van der Waals surface area contributed by atoms with Crippen molar-refractivity contribution < 1.29 is 9.13 Å². The first kappa shape index (κ1) is 14.1. The van der Waals surface area contributed by atoms with Crippen LogP contribution in [0.5, 0.6) is 0 Å². The van der Waals surface area contributed by atoms with Gasteiger partial charge in [-0.15, -0.1) is 0 Å². The molecule has 96 valence electrons. The minimum atomic E-state index is -0.247. The standard InChI is InChI=1S/C14H22FNO/c1-4-10(3)17-14(13(16)5-2)11-7-6-8-12(15)9-11/h6-10,13-14H,4-5,16H2,1-3H3. The molecule has 0 aromatic heterocycles. The molecule has 3 unspecified atom stereocenters. The van der Waals surface area contributed by atoms with Crippen molar-refractivity contribution >= 4 is 0 Å². The van der Waals surface area contributed by atoms with Crippen molar-refractivity contribution in [2.45, 2.75) is 51.9 Å². The molecule has 1 rings (SSSR count). The van der Waals surface area contributed by atoms with E-state index >= 15 is 0 Å². The summed E-state index contributed by atoms with van der Waals surface area (Å²) in [6.07, 6.45) is 1.62. The largest absolute Gasteiger partial charge is 0.369 e. The summed E-state index contributed by atoms with van der Waals surface area (Å²) in [4.78, 5) is 0. The molecule has 0 saturated heterocycles. The maximum Gasteiger partial charge on any atom is 0.123 e. The zero-order valence-corrected chi connectivity index (χ0v) is 10.8. The monoisotopic (exact) mass is 239 g/mol. The number of benzene rings is 1. The van der Waals surface area contributed by atoms with Crippen LogP contribution in [0.4, 0.5) is 4.39 Å². The van der Waals surface area contributed by atoms with E-state index in [-0.39, 0.29) is 24.1 Å². The minimum Gasteiger partial charge on any atom is -0.369 e. The molecule has 1 aromatic carbocycles. The first-order valence-electron chi connectivity index (χ1n) is 6.25. The van der Waals surface area contributed by atoms with E-state index in [0.29, 0.717) is 0 Å². The second-order valence-electron chi connectivity index (χ2n) is 4.40. The highest BCUT2D eigenvalue weighted by Crippen LogP contribution is 2.25. The molecule has 0 saturated carbocycles. The molecule has 2 nitrogen and oxygen atoms in total. The Morgan fingerprint density at radius 3 is 2.53 bits per heavy atom. The van der Waals surface area contributed by atoms with E-state index in [2.05, 4.69) is 6.92 Å². The molecule has 0 amide bonds. The average molecular weight is 239 g/mol. The van der Waals surface area contributed by atoms with Crippen molar-refractivity contribution in [1.29, 1.82) is 0 Å². The third kappa shape index (κ3) is 4.10. The Hall–Kier alpha value is -0.930. The lowest BCUT2D eigenvalue weighted by atomic mass is 10.0. The maximum absolute atomic E-state index is 13.2. The van der Waals surface area contributed by atoms with Crippen molar-refractivity contribution in [2.24, 2.45) is 5.73 Å². The second-order valence-corrected chi connectivity index (χ2v) is 4.40. The Balaban J connectivity index is 2.89. The highest BCUT2D eigenvalue weighted by molar-refractivity contribution is 5.20. The van der Waals surface area contributed by atoms with E-state index in [4.69, 9.17) is 10.5 Å². The third-order valence-electron chi connectivity index (χ3n) is 2.99. The van der Waals surface area contributed by atoms with E-state index < -0.39 is 0 Å². The van der Waals surface area contributed by atoms with Gasteiger partial charge in [0.2, 0.25) is 0 Å². The highest BCUT2D eigenvalue weighted by Gasteiger charge is 2.21. The van der Waals surface area contributed by atoms with Crippen LogP contribution in [0, 0.1) is 5.82 Å². The molecule has 2 N–H and O–H groups in total. The molecule has 17 heavy (non-hydrogen) atoms. The fourth-order valence-electron chi connectivity index (χ4n) is 1.67. The Morgan fingerprint density at radius 2 is 2.00 bits per heavy atom. The molecule has 3 heteroatoms. The molecule has 1 aromatic rings. The third-order valence-corrected chi connectivity index (χ3v) is 2.99. The van der Waals surface area contributed by atoms with Crippen LogP contribution in [0.3, 0.4) is 0 Å². The molecule has 0 fully saturated rings. The summed E-state index contributed by atoms with van der Waals surface area (Å²) in [7, 11) is 0. The van der Waals surface area contributed by atoms with E-state index in [1.165, 1.54) is 12.1 Å². The van der Waals surface area contributed by atoms with Crippen LogP contribution in [-0.2, 0) is 4.74 Å². The summed E-state index contributed by atoms with van der Waals surface area (Å²) < 4.78 is 19.1. The first-order valence-corrected chi connectivity index (χ1v) is 6.25. The fraction of sp³-hybridized carbons (Fsp3) is 0.571. The summed E-state index contributed by atoms with van der Waals surface area (Å²) >= 11 is 0. The maximum atomic E-state index is 13.2. The Kier molecular flexibility index (Phi) is 5.59. The van der Waals surface area contributed by atoms with Crippen molar-refractivity contribution in [3.63, 3.8) is 0 Å². The number of hydrogen-bond acceptors (Lipinski definition) is 2. The van der Waals surface area contributed by atoms with Gasteiger partial charge in [-0.25, -0.2) is 4.39 Å². The van der Waals surface area contributed by atoms with Crippen molar-refractivity contribution in [3.05, 3.63) is 35.6 Å². The SMILES string of the molecule is CCC(C)OC(c1cccc(F)c1)C(N)CC. The van der Waals surface area contributed by atoms with E-state index in [1.807, 2.05) is 19.9 Å². The molecular weight excluding hydrogens is 217 g/mol. The zero-order valence-electron chi connectivity index (χ0n) is 10.8. The molecule has 0 heterocycles. The quantitative estimate of drug-likeness (QED) is 0.825. The Morgan fingerprint density at radius 1 is 1.29 bits per heavy atom. The highest BCUT2D eigenvalue weighted by atomic mass is 19.1. The predicted molar refractivity (Wildman–Crippen MR) is 68.2 cm³/mol. The Labute approximate surface area is 103 Å². The van der Waals surface area contributed by atoms with Crippen LogP contribution in [-0.4, -0.2) is 12.1 Å². The fourth-order valence-corrected chi connectivity index (χ4v) is 1.67. The molecule has 0 aliphatic carbocycles. The summed E-state index contributed by atoms with van der Waals surface area (Å²) in [6, 6.07) is 6.39. The van der Waals surface area contributed by atoms with Crippen molar-refractivity contribution in [1.82, 2.24) is 0 Å². The summed E-state index contributed by atoms with van der Waals surface area (Å²) in [6.45, 7) is 6.08. The van der Waals surface area contributed by atoms with Gasteiger partial charge < -0.3 is 10.5 Å². The van der Waals surface area contributed by atoms with Gasteiger partial charge in [0.25, 0.3) is 0 Å². The lowest BCUT2D eigenvalue weighted by Crippen LogP contribution is -2.31. The summed E-state index contributed by atoms with van der Waals surface area (Å²) in [5, 5.41) is 0.